The number of hydrogen-bond acceptors (Lipinski definition) is 4. The van der Waals surface area contributed by atoms with Gasteiger partial charge in [0.1, 0.15) is 16.1 Å². The largest absolute Gasteiger partial charge is 0.378 e. The van der Waals surface area contributed by atoms with Crippen LogP contribution in [0.2, 0.25) is 0 Å². The quantitative estimate of drug-likeness (QED) is 0.357. The summed E-state index contributed by atoms with van der Waals surface area (Å²) in [5.41, 5.74) is 6.13. The zero-order chi connectivity index (χ0) is 19.9. The molecule has 26 heavy (non-hydrogen) atoms. The first-order chi connectivity index (χ1) is 11.9. The van der Waals surface area contributed by atoms with Gasteiger partial charge in [0.15, 0.2) is 9.00 Å². The molecule has 0 saturated carbocycles. The first kappa shape index (κ1) is 20.9. The second kappa shape index (κ2) is 7.30. The van der Waals surface area contributed by atoms with Crippen molar-refractivity contribution < 1.29 is 13.6 Å². The van der Waals surface area contributed by atoms with Crippen LogP contribution in [0.3, 0.4) is 0 Å². The van der Waals surface area contributed by atoms with E-state index in [0.717, 1.165) is 11.8 Å². The highest BCUT2D eigenvalue weighted by molar-refractivity contribution is 14.1. The van der Waals surface area contributed by atoms with E-state index in [1.165, 1.54) is 45.7 Å². The van der Waals surface area contributed by atoms with Crippen molar-refractivity contribution in [3.63, 3.8) is 0 Å². The highest BCUT2D eigenvalue weighted by Crippen LogP contribution is 2.59. The van der Waals surface area contributed by atoms with Crippen molar-refractivity contribution in [3.8, 4) is 0 Å². The Hall–Kier alpha value is -1.42. The van der Waals surface area contributed by atoms with Gasteiger partial charge in [-0.2, -0.15) is 4.39 Å². The molecule has 1 heterocycles. The maximum atomic E-state index is 14.7. The number of carbonyl (C=O) groups is 1. The van der Waals surface area contributed by atoms with Crippen molar-refractivity contribution in [1.82, 2.24) is 4.90 Å². The number of nitrogens with two attached hydrogens (primary N) is 1. The lowest BCUT2D eigenvalue weighted by Gasteiger charge is -2.34. The molecule has 2 atom stereocenters. The Morgan fingerprint density at radius 1 is 1.42 bits per heavy atom. The molecule has 140 valence electrons. The van der Waals surface area contributed by atoms with Gasteiger partial charge in [-0.1, -0.05) is 30.5 Å². The van der Waals surface area contributed by atoms with Crippen molar-refractivity contribution >= 4 is 45.4 Å². The predicted molar refractivity (Wildman–Crippen MR) is 112 cm³/mol. The topological polar surface area (TPSA) is 58.7 Å². The van der Waals surface area contributed by atoms with E-state index in [1.807, 2.05) is 0 Å². The fourth-order valence-corrected chi connectivity index (χ4v) is 4.57. The number of aliphatic imine (C=N–C) groups is 1. The van der Waals surface area contributed by atoms with Crippen LogP contribution in [0.5, 0.6) is 0 Å². The Morgan fingerprint density at radius 3 is 2.58 bits per heavy atom. The summed E-state index contributed by atoms with van der Waals surface area (Å²) in [7, 11) is 3.31. The summed E-state index contributed by atoms with van der Waals surface area (Å²) < 4.78 is 26.2. The minimum absolute atomic E-state index is 0.100. The molecule has 8 heteroatoms. The molecule has 0 spiro atoms. The average molecular weight is 491 g/mol. The number of amides is 1. The lowest BCUT2D eigenvalue weighted by molar-refractivity contribution is -0.128. The van der Waals surface area contributed by atoms with E-state index in [1.54, 1.807) is 34.0 Å². The molecule has 0 aromatic heterocycles. The van der Waals surface area contributed by atoms with Crippen LogP contribution < -0.4 is 5.73 Å². The van der Waals surface area contributed by atoms with Crippen LogP contribution in [0, 0.1) is 0 Å². The number of carbonyl (C=O) groups excluding carboxylic acids is 1. The number of halogens is 3. The van der Waals surface area contributed by atoms with Gasteiger partial charge < -0.3 is 10.6 Å². The van der Waals surface area contributed by atoms with Gasteiger partial charge in [-0.3, -0.25) is 4.79 Å². The summed E-state index contributed by atoms with van der Waals surface area (Å²) in [5.74, 6) is -0.742. The van der Waals surface area contributed by atoms with Gasteiger partial charge in [0, 0.05) is 19.7 Å². The van der Waals surface area contributed by atoms with E-state index in [4.69, 9.17) is 5.73 Å². The number of amidine groups is 1. The second-order valence-electron chi connectivity index (χ2n) is 6.46. The van der Waals surface area contributed by atoms with Crippen LogP contribution in [-0.4, -0.2) is 40.4 Å². The molecule has 0 unspecified atom stereocenters. The maximum Gasteiger partial charge on any atom is 0.247 e. The lowest BCUT2D eigenvalue weighted by atomic mass is 9.86. The van der Waals surface area contributed by atoms with Crippen LogP contribution >= 0.6 is 34.4 Å². The van der Waals surface area contributed by atoms with Crippen molar-refractivity contribution in [2.45, 2.75) is 24.1 Å². The van der Waals surface area contributed by atoms with Gasteiger partial charge in [-0.25, -0.2) is 9.38 Å². The maximum absolute atomic E-state index is 14.7. The van der Waals surface area contributed by atoms with E-state index in [-0.39, 0.29) is 16.6 Å². The van der Waals surface area contributed by atoms with Gasteiger partial charge in [-0.05, 0) is 59.7 Å². The highest BCUT2D eigenvalue weighted by Gasteiger charge is 2.63. The van der Waals surface area contributed by atoms with Gasteiger partial charge in [-0.15, -0.1) is 0 Å². The number of allylic oxidation sites excluding steroid dienone is 4. The molecule has 0 saturated heterocycles. The lowest BCUT2D eigenvalue weighted by Crippen LogP contribution is -2.45. The number of thioether (sulfide) groups is 1. The molecule has 0 bridgehead atoms. The minimum Gasteiger partial charge on any atom is -0.378 e. The molecule has 0 fully saturated rings. The standard InChI is InChI=1S/C18H20F2IN3OS/c1-10(8-14(20)21)6-7-12(19)11(2)17(3)13-9-18(13,15(25)24(4)5)26-16(22)23-17/h6-9H,2H2,1,3-5H3,(H2,22,23)/b10-6+,12-7+,14-8+/t17-,18+/m1/s1. The second-order valence-corrected chi connectivity index (χ2v) is 8.75. The van der Waals surface area contributed by atoms with Crippen LogP contribution in [0.1, 0.15) is 13.8 Å². The number of nitrogens with zero attached hydrogens (tertiary/aromatic N) is 2. The highest BCUT2D eigenvalue weighted by atomic mass is 127. The van der Waals surface area contributed by atoms with Gasteiger partial charge in [0.25, 0.3) is 0 Å². The summed E-state index contributed by atoms with van der Waals surface area (Å²) in [6, 6.07) is 0. The first-order valence-electron chi connectivity index (χ1n) is 7.70. The van der Waals surface area contributed by atoms with E-state index < -0.39 is 19.9 Å². The van der Waals surface area contributed by atoms with Crippen molar-refractivity contribution in [1.29, 1.82) is 0 Å². The van der Waals surface area contributed by atoms with Crippen molar-refractivity contribution in [3.05, 3.63) is 57.3 Å². The monoisotopic (exact) mass is 491 g/mol. The Bertz CT molecular complexity index is 824. The number of fused-ring (bicyclic) bond motifs is 1. The molecule has 2 N–H and O–H groups in total. The van der Waals surface area contributed by atoms with Crippen LogP contribution in [-0.2, 0) is 4.79 Å². The minimum atomic E-state index is -1.13. The Morgan fingerprint density at radius 2 is 2.04 bits per heavy atom. The third kappa shape index (κ3) is 3.80. The first-order valence-corrected chi connectivity index (χ1v) is 9.60. The van der Waals surface area contributed by atoms with Crippen LogP contribution in [0.4, 0.5) is 8.78 Å². The molecule has 2 aliphatic rings. The summed E-state index contributed by atoms with van der Waals surface area (Å²) in [6.45, 7) is 7.18. The fourth-order valence-electron chi connectivity index (χ4n) is 2.76. The zero-order valence-corrected chi connectivity index (χ0v) is 17.9. The molecule has 1 aliphatic carbocycles. The molecule has 0 aromatic carbocycles. The molecule has 0 radical (unpaired) electrons. The van der Waals surface area contributed by atoms with E-state index >= 15 is 0 Å². The van der Waals surface area contributed by atoms with Gasteiger partial charge in [0.05, 0.1) is 0 Å². The molecule has 1 aliphatic heterocycles. The predicted octanol–water partition coefficient (Wildman–Crippen LogP) is 4.18. The third-order valence-electron chi connectivity index (χ3n) is 4.22. The molecular formula is C18H20F2IN3OS. The zero-order valence-electron chi connectivity index (χ0n) is 14.9. The SMILES string of the molecule is C=C(\C(F)=C/C=C(C)/C=C(\F)I)[C@@]1(C)N=C(N)S[C@@]2(C(=O)N(C)C)C=C12. The Balaban J connectivity index is 2.34. The normalized spacial score (nSPS) is 28.8. The molecule has 4 nitrogen and oxygen atoms in total. The summed E-state index contributed by atoms with van der Waals surface area (Å²) in [5, 5.41) is 0.204. The third-order valence-corrected chi connectivity index (χ3v) is 5.66. The summed E-state index contributed by atoms with van der Waals surface area (Å²) in [4.78, 5) is 18.4. The van der Waals surface area contributed by atoms with E-state index in [9.17, 15) is 13.6 Å². The van der Waals surface area contributed by atoms with E-state index in [2.05, 4.69) is 11.6 Å². The van der Waals surface area contributed by atoms with Crippen LogP contribution in [0.25, 0.3) is 0 Å². The smallest absolute Gasteiger partial charge is 0.247 e. The molecule has 2 rings (SSSR count). The van der Waals surface area contributed by atoms with Crippen molar-refractivity contribution in [2.75, 3.05) is 14.1 Å². The van der Waals surface area contributed by atoms with Gasteiger partial charge >= 0.3 is 0 Å². The Kier molecular flexibility index (Phi) is 5.86. The summed E-state index contributed by atoms with van der Waals surface area (Å²) in [6.07, 6.45) is 5.71. The van der Waals surface area contributed by atoms with E-state index in [0.29, 0.717) is 11.1 Å². The Labute approximate surface area is 169 Å². The molecule has 1 amide bonds. The summed E-state index contributed by atoms with van der Waals surface area (Å²) >= 11 is 2.69. The van der Waals surface area contributed by atoms with Crippen LogP contribution in [0.15, 0.2) is 62.3 Å². The average Bonchev–Trinajstić information content (AvgIpc) is 3.26. The number of hydrogen-bond donors (Lipinski definition) is 1. The molecular weight excluding hydrogens is 471 g/mol. The number of rotatable bonds is 5. The fraction of sp³-hybridized carbons (Fsp3) is 0.333. The molecule has 0 aromatic rings. The van der Waals surface area contributed by atoms with Gasteiger partial charge in [0.2, 0.25) is 5.91 Å². The van der Waals surface area contributed by atoms with Crippen molar-refractivity contribution in [2.24, 2.45) is 10.7 Å².